The Balaban J connectivity index is 0.000000244. The molecular formula is C52H68N6O7. The molecule has 13 nitrogen and oxygen atoms in total. The van der Waals surface area contributed by atoms with Crippen LogP contribution in [0.2, 0.25) is 0 Å². The fraction of sp³-hybridized carbons (Fsp3) is 0.500. The van der Waals surface area contributed by atoms with Crippen molar-refractivity contribution in [3.8, 4) is 28.3 Å². The van der Waals surface area contributed by atoms with Gasteiger partial charge in [0.1, 0.15) is 0 Å². The number of ether oxygens (including phenoxy) is 2. The number of aliphatic carboxylic acids is 2. The molecule has 0 aliphatic carbocycles. The minimum absolute atomic E-state index is 0.206. The van der Waals surface area contributed by atoms with E-state index in [0.717, 1.165) is 74.4 Å². The third kappa shape index (κ3) is 12.3. The smallest absolute Gasteiger partial charge is 0.337 e. The number of amides is 1. The van der Waals surface area contributed by atoms with E-state index >= 15 is 0 Å². The lowest BCUT2D eigenvalue weighted by atomic mass is 9.82. The first kappa shape index (κ1) is 50.2. The van der Waals surface area contributed by atoms with Gasteiger partial charge in [-0.25, -0.2) is 9.59 Å². The van der Waals surface area contributed by atoms with Gasteiger partial charge in [0, 0.05) is 83.3 Å². The molecule has 6 rings (SSSR count). The summed E-state index contributed by atoms with van der Waals surface area (Å²) < 4.78 is 12.1. The highest BCUT2D eigenvalue weighted by Gasteiger charge is 2.38. The molecule has 2 saturated heterocycles. The number of hydrogen-bond donors (Lipinski definition) is 3. The monoisotopic (exact) mass is 889 g/mol. The van der Waals surface area contributed by atoms with Gasteiger partial charge in [0.05, 0.1) is 34.2 Å². The number of anilines is 2. The van der Waals surface area contributed by atoms with Crippen LogP contribution in [0.5, 0.6) is 0 Å². The number of rotatable bonds is 11. The number of nitrogens with zero attached hydrogens (tertiary/aromatic N) is 5. The highest BCUT2D eigenvalue weighted by atomic mass is 16.5. The maximum absolute atomic E-state index is 12.4. The van der Waals surface area contributed by atoms with Crippen LogP contribution in [-0.4, -0.2) is 75.4 Å². The molecule has 2 atom stereocenters. The molecule has 0 bridgehead atoms. The fourth-order valence-corrected chi connectivity index (χ4v) is 8.51. The number of piperidine rings is 2. The van der Waals surface area contributed by atoms with Gasteiger partial charge >= 0.3 is 11.9 Å². The van der Waals surface area contributed by atoms with Crippen LogP contribution in [0.25, 0.3) is 22.3 Å². The number of primary amides is 1. The van der Waals surface area contributed by atoms with Gasteiger partial charge in [0.2, 0.25) is 5.91 Å². The molecular weight excluding hydrogens is 821 g/mol. The molecule has 2 aromatic carbocycles. The predicted octanol–water partition coefficient (Wildman–Crippen LogP) is 10.2. The summed E-state index contributed by atoms with van der Waals surface area (Å²) in [6.45, 7) is 26.8. The summed E-state index contributed by atoms with van der Waals surface area (Å²) in [6, 6.07) is 16.8. The molecule has 1 amide bonds. The van der Waals surface area contributed by atoms with E-state index in [1.54, 1.807) is 37.5 Å². The van der Waals surface area contributed by atoms with E-state index in [2.05, 4.69) is 53.5 Å². The predicted molar refractivity (Wildman–Crippen MR) is 255 cm³/mol. The number of benzene rings is 2. The molecule has 0 spiro atoms. The van der Waals surface area contributed by atoms with Crippen LogP contribution in [0.15, 0.2) is 60.9 Å². The van der Waals surface area contributed by atoms with E-state index in [1.165, 1.54) is 0 Å². The van der Waals surface area contributed by atoms with Crippen LogP contribution in [0, 0.1) is 36.0 Å². The van der Waals surface area contributed by atoms with E-state index in [-0.39, 0.29) is 10.8 Å². The molecule has 13 heteroatoms. The number of carbonyl (C=O) groups excluding carboxylic acids is 1. The van der Waals surface area contributed by atoms with Crippen LogP contribution >= 0.6 is 0 Å². The van der Waals surface area contributed by atoms with Crippen molar-refractivity contribution in [1.29, 1.82) is 5.26 Å². The zero-order chi connectivity index (χ0) is 48.2. The number of pyridine rings is 2. The van der Waals surface area contributed by atoms with E-state index in [0.29, 0.717) is 44.8 Å². The summed E-state index contributed by atoms with van der Waals surface area (Å²) in [5.74, 6) is -2.66. The number of aromatic nitrogens is 2. The Bertz CT molecular complexity index is 2420. The number of carbonyl (C=O) groups is 3. The SMILES string of the molecule is Cc1ncc(-c2ccccc2C#N)c(N2CCC(C)(C)CC2)c1[C@H](OC(C)(C)C)C(=O)O.Cc1ncc(-c2ccccc2C(N)=O)c(N2CCC(C)(C)CC2)c1[C@H](OC(C)(C)C)C(=O)O. The summed E-state index contributed by atoms with van der Waals surface area (Å²) in [4.78, 5) is 50.7. The lowest BCUT2D eigenvalue weighted by molar-refractivity contribution is -0.161. The first-order valence-electron chi connectivity index (χ1n) is 22.4. The first-order valence-corrected chi connectivity index (χ1v) is 22.4. The van der Waals surface area contributed by atoms with Crippen LogP contribution in [0.3, 0.4) is 0 Å². The Labute approximate surface area is 385 Å². The standard InChI is InChI=1S/C26H35N3O4.C26H33N3O3/c1-16-20(22(24(31)32)33-25(2,3)4)21(29-13-11-26(5,6)12-14-29)19(15-28-16)17-9-7-8-10-18(17)23(27)30;1-17-21(23(24(30)31)32-25(2,3)4)22(29-13-11-26(5,6)12-14-29)20(16-28-17)19-10-8-7-9-18(19)15-27/h7-10,15,22H,11-14H2,1-6H3,(H2,27,30)(H,31,32);7-10,16,23H,11-14H2,1-6H3,(H,30,31)/t22-;23-/m00/s1. The third-order valence-corrected chi connectivity index (χ3v) is 12.2. The highest BCUT2D eigenvalue weighted by molar-refractivity contribution is 6.02. The Hall–Kier alpha value is -5.84. The number of nitrogens with two attached hydrogens (primary N) is 1. The number of carboxylic acids is 2. The van der Waals surface area contributed by atoms with Crippen molar-refractivity contribution < 1.29 is 34.1 Å². The molecule has 2 aromatic heterocycles. The number of hydrogen-bond acceptors (Lipinski definition) is 10. The van der Waals surface area contributed by atoms with E-state index in [1.807, 2.05) is 78.8 Å². The van der Waals surface area contributed by atoms with Crippen molar-refractivity contribution in [2.75, 3.05) is 36.0 Å². The quantitative estimate of drug-likeness (QED) is 0.129. The van der Waals surface area contributed by atoms with Gasteiger partial charge in [-0.05, 0) is 110 Å². The molecule has 2 fully saturated rings. The van der Waals surface area contributed by atoms with Gasteiger partial charge in [-0.2, -0.15) is 5.26 Å². The minimum atomic E-state index is -1.21. The largest absolute Gasteiger partial charge is 0.479 e. The molecule has 2 aliphatic heterocycles. The van der Waals surface area contributed by atoms with Gasteiger partial charge in [-0.1, -0.05) is 64.1 Å². The summed E-state index contributed by atoms with van der Waals surface area (Å²) >= 11 is 0. The molecule has 4 heterocycles. The lowest BCUT2D eigenvalue weighted by Gasteiger charge is -2.41. The Morgan fingerprint density at radius 1 is 0.662 bits per heavy atom. The molecule has 65 heavy (non-hydrogen) atoms. The number of nitriles is 1. The summed E-state index contributed by atoms with van der Waals surface area (Å²) in [5.41, 5.74) is 12.4. The van der Waals surface area contributed by atoms with Crippen molar-refractivity contribution in [1.82, 2.24) is 9.97 Å². The molecule has 4 N–H and O–H groups in total. The molecule has 0 saturated carbocycles. The molecule has 4 aromatic rings. The average molecular weight is 889 g/mol. The Morgan fingerprint density at radius 2 is 1.03 bits per heavy atom. The van der Waals surface area contributed by atoms with Crippen molar-refractivity contribution in [3.63, 3.8) is 0 Å². The minimum Gasteiger partial charge on any atom is -0.479 e. The zero-order valence-electron chi connectivity index (χ0n) is 40.3. The second kappa shape index (κ2) is 19.7. The van der Waals surface area contributed by atoms with Crippen molar-refractivity contribution >= 4 is 29.2 Å². The Kier molecular flexibility index (Phi) is 15.2. The van der Waals surface area contributed by atoms with Gasteiger partial charge in [0.25, 0.3) is 0 Å². The van der Waals surface area contributed by atoms with Crippen LogP contribution in [-0.2, 0) is 19.1 Å². The van der Waals surface area contributed by atoms with Crippen LogP contribution in [0.4, 0.5) is 11.4 Å². The average Bonchev–Trinajstić information content (AvgIpc) is 3.21. The summed E-state index contributed by atoms with van der Waals surface area (Å²) in [5, 5.41) is 30.1. The molecule has 2 aliphatic rings. The third-order valence-electron chi connectivity index (χ3n) is 12.2. The molecule has 0 radical (unpaired) electrons. The van der Waals surface area contributed by atoms with E-state index in [4.69, 9.17) is 15.2 Å². The van der Waals surface area contributed by atoms with Crippen molar-refractivity contribution in [3.05, 3.63) is 94.6 Å². The molecule has 348 valence electrons. The van der Waals surface area contributed by atoms with E-state index in [9.17, 15) is 29.9 Å². The first-order chi connectivity index (χ1) is 30.2. The van der Waals surface area contributed by atoms with Crippen LogP contribution in [0.1, 0.15) is 146 Å². The second-order valence-corrected chi connectivity index (χ2v) is 20.8. The van der Waals surface area contributed by atoms with Crippen molar-refractivity contribution in [2.24, 2.45) is 16.6 Å². The van der Waals surface area contributed by atoms with Gasteiger partial charge in [-0.15, -0.1) is 0 Å². The van der Waals surface area contributed by atoms with Gasteiger partial charge in [0.15, 0.2) is 12.2 Å². The topological polar surface area (TPSA) is 192 Å². The fourth-order valence-electron chi connectivity index (χ4n) is 8.51. The maximum atomic E-state index is 12.4. The van der Waals surface area contributed by atoms with E-state index < -0.39 is 41.3 Å². The Morgan fingerprint density at radius 3 is 1.40 bits per heavy atom. The van der Waals surface area contributed by atoms with Gasteiger partial charge in [-0.3, -0.25) is 14.8 Å². The normalized spacial score (nSPS) is 17.0. The highest BCUT2D eigenvalue weighted by Crippen LogP contribution is 2.46. The van der Waals surface area contributed by atoms with Gasteiger partial charge < -0.3 is 35.2 Å². The molecule has 0 unspecified atom stereocenters. The number of aryl methyl sites for hydroxylation is 2. The second-order valence-electron chi connectivity index (χ2n) is 20.8. The maximum Gasteiger partial charge on any atom is 0.337 e. The summed E-state index contributed by atoms with van der Waals surface area (Å²) in [6.07, 6.45) is 5.01. The lowest BCUT2D eigenvalue weighted by Crippen LogP contribution is -2.39. The van der Waals surface area contributed by atoms with Crippen molar-refractivity contribution in [2.45, 2.75) is 132 Å². The number of carboxylic acid groups (broad SMARTS) is 2. The van der Waals surface area contributed by atoms with Crippen LogP contribution < -0.4 is 15.5 Å². The zero-order valence-corrected chi connectivity index (χ0v) is 40.3. The summed E-state index contributed by atoms with van der Waals surface area (Å²) in [7, 11) is 0.